The predicted octanol–water partition coefficient (Wildman–Crippen LogP) is 4.36. The van der Waals surface area contributed by atoms with Gasteiger partial charge in [0.1, 0.15) is 5.75 Å². The van der Waals surface area contributed by atoms with Crippen molar-refractivity contribution in [1.82, 2.24) is 4.90 Å². The zero-order valence-electron chi connectivity index (χ0n) is 16.7. The van der Waals surface area contributed by atoms with Crippen LogP contribution in [0.2, 0.25) is 0 Å². The van der Waals surface area contributed by atoms with Gasteiger partial charge in [-0.15, -0.1) is 0 Å². The van der Waals surface area contributed by atoms with Crippen molar-refractivity contribution in [1.29, 1.82) is 0 Å². The second kappa shape index (κ2) is 11.6. The monoisotopic (exact) mass is 363 g/mol. The molecule has 1 aromatic carbocycles. The van der Waals surface area contributed by atoms with E-state index in [1.54, 1.807) is 0 Å². The highest BCUT2D eigenvalue weighted by Gasteiger charge is 2.29. The van der Waals surface area contributed by atoms with Crippen molar-refractivity contribution in [3.8, 4) is 5.75 Å². The van der Waals surface area contributed by atoms with E-state index in [0.29, 0.717) is 6.61 Å². The van der Waals surface area contributed by atoms with E-state index in [1.165, 1.54) is 25.7 Å². The van der Waals surface area contributed by atoms with Crippen molar-refractivity contribution < 1.29 is 14.6 Å². The van der Waals surface area contributed by atoms with Gasteiger partial charge in [-0.25, -0.2) is 0 Å². The first-order chi connectivity index (χ1) is 12.7. The molecule has 0 amide bonds. The normalized spacial score (nSPS) is 17.8. The maximum absolute atomic E-state index is 11.5. The summed E-state index contributed by atoms with van der Waals surface area (Å²) in [5.41, 5.74) is 0.264. The second-order valence-electron chi connectivity index (χ2n) is 7.36. The summed E-state index contributed by atoms with van der Waals surface area (Å²) in [6.07, 6.45) is 7.68. The maximum Gasteiger partial charge on any atom is 0.119 e. The van der Waals surface area contributed by atoms with E-state index in [-0.39, 0.29) is 0 Å². The quantitative estimate of drug-likeness (QED) is 0.561. The molecule has 4 heteroatoms. The minimum atomic E-state index is -0.755. The summed E-state index contributed by atoms with van der Waals surface area (Å²) >= 11 is 0. The molecular weight excluding hydrogens is 326 g/mol. The Morgan fingerprint density at radius 1 is 1.00 bits per heavy atom. The molecule has 148 valence electrons. The average molecular weight is 364 g/mol. The fourth-order valence-corrected chi connectivity index (χ4v) is 3.63. The summed E-state index contributed by atoms with van der Waals surface area (Å²) in [5.74, 6) is 0.870. The highest BCUT2D eigenvalue weighted by atomic mass is 16.5. The number of rotatable bonds is 12. The van der Waals surface area contributed by atoms with Gasteiger partial charge in [-0.3, -0.25) is 4.90 Å². The van der Waals surface area contributed by atoms with Gasteiger partial charge in [-0.05, 0) is 37.5 Å². The summed E-state index contributed by atoms with van der Waals surface area (Å²) in [6.45, 7) is 9.35. The Kier molecular flexibility index (Phi) is 9.44. The van der Waals surface area contributed by atoms with E-state index in [0.717, 1.165) is 63.4 Å². The molecule has 1 atom stereocenters. The number of morpholine rings is 1. The first-order valence-electron chi connectivity index (χ1n) is 10.4. The smallest absolute Gasteiger partial charge is 0.119 e. The van der Waals surface area contributed by atoms with Crippen LogP contribution in [0, 0.1) is 0 Å². The Morgan fingerprint density at radius 3 is 2.35 bits per heavy atom. The third kappa shape index (κ3) is 6.90. The highest BCUT2D eigenvalue weighted by molar-refractivity contribution is 5.31. The summed E-state index contributed by atoms with van der Waals surface area (Å²) in [5, 5.41) is 11.5. The molecule has 0 aliphatic carbocycles. The molecule has 2 rings (SSSR count). The first kappa shape index (κ1) is 21.2. The maximum atomic E-state index is 11.5. The molecular formula is C22H37NO3. The molecule has 1 fully saturated rings. The van der Waals surface area contributed by atoms with Crippen LogP contribution in [0.3, 0.4) is 0 Å². The lowest BCUT2D eigenvalue weighted by atomic mass is 9.85. The number of benzene rings is 1. The summed E-state index contributed by atoms with van der Waals surface area (Å²) in [4.78, 5) is 2.40. The van der Waals surface area contributed by atoms with E-state index in [9.17, 15) is 5.11 Å². The van der Waals surface area contributed by atoms with Crippen LogP contribution in [0.5, 0.6) is 5.75 Å². The molecule has 1 N–H and O–H groups in total. The standard InChI is InChI=1S/C22H37NO3/c1-3-5-6-7-8-13-22(24,14-15-23-16-18-25-19-17-23)20-9-11-21(12-10-20)26-4-2/h9-12,24H,3-8,13-19H2,1-2H3. The molecule has 0 bridgehead atoms. The summed E-state index contributed by atoms with van der Waals surface area (Å²) < 4.78 is 11.0. The third-order valence-electron chi connectivity index (χ3n) is 5.34. The van der Waals surface area contributed by atoms with Crippen LogP contribution in [0.1, 0.15) is 64.4 Å². The second-order valence-corrected chi connectivity index (χ2v) is 7.36. The minimum Gasteiger partial charge on any atom is -0.494 e. The van der Waals surface area contributed by atoms with Crippen molar-refractivity contribution >= 4 is 0 Å². The van der Waals surface area contributed by atoms with Gasteiger partial charge >= 0.3 is 0 Å². The molecule has 1 heterocycles. The number of unbranched alkanes of at least 4 members (excludes halogenated alkanes) is 4. The number of aliphatic hydroxyl groups is 1. The van der Waals surface area contributed by atoms with Gasteiger partial charge in [0.25, 0.3) is 0 Å². The van der Waals surface area contributed by atoms with Crippen molar-refractivity contribution in [3.05, 3.63) is 29.8 Å². The number of ether oxygens (including phenoxy) is 2. The van der Waals surface area contributed by atoms with E-state index < -0.39 is 5.60 Å². The topological polar surface area (TPSA) is 41.9 Å². The average Bonchev–Trinajstić information content (AvgIpc) is 2.68. The van der Waals surface area contributed by atoms with Crippen molar-refractivity contribution in [2.45, 2.75) is 64.4 Å². The van der Waals surface area contributed by atoms with Gasteiger partial charge in [0.05, 0.1) is 25.4 Å². The molecule has 26 heavy (non-hydrogen) atoms. The first-order valence-corrected chi connectivity index (χ1v) is 10.4. The van der Waals surface area contributed by atoms with Crippen LogP contribution in [0.25, 0.3) is 0 Å². The van der Waals surface area contributed by atoms with Crippen LogP contribution >= 0.6 is 0 Å². The third-order valence-corrected chi connectivity index (χ3v) is 5.34. The Bertz CT molecular complexity index is 485. The van der Waals surface area contributed by atoms with Crippen LogP contribution in [-0.4, -0.2) is 49.5 Å². The van der Waals surface area contributed by atoms with Gasteiger partial charge in [0.15, 0.2) is 0 Å². The molecule has 0 spiro atoms. The number of hydrogen-bond acceptors (Lipinski definition) is 4. The Morgan fingerprint density at radius 2 is 1.69 bits per heavy atom. The van der Waals surface area contributed by atoms with Crippen molar-refractivity contribution in [3.63, 3.8) is 0 Å². The van der Waals surface area contributed by atoms with Gasteiger partial charge in [0, 0.05) is 19.6 Å². The molecule has 1 aliphatic heterocycles. The fraction of sp³-hybridized carbons (Fsp3) is 0.727. The largest absolute Gasteiger partial charge is 0.494 e. The minimum absolute atomic E-state index is 0.665. The van der Waals surface area contributed by atoms with Crippen LogP contribution in [0.4, 0.5) is 0 Å². The number of hydrogen-bond donors (Lipinski definition) is 1. The van der Waals surface area contributed by atoms with E-state index in [4.69, 9.17) is 9.47 Å². The Labute approximate surface area is 159 Å². The van der Waals surface area contributed by atoms with E-state index in [2.05, 4.69) is 11.8 Å². The van der Waals surface area contributed by atoms with Gasteiger partial charge in [-0.2, -0.15) is 0 Å². The van der Waals surface area contributed by atoms with E-state index in [1.807, 2.05) is 31.2 Å². The molecule has 0 radical (unpaired) electrons. The molecule has 1 aliphatic rings. The lowest BCUT2D eigenvalue weighted by Crippen LogP contribution is -2.40. The summed E-state index contributed by atoms with van der Waals surface area (Å²) in [6, 6.07) is 8.04. The SMILES string of the molecule is CCCCCCCC(O)(CCN1CCOCC1)c1ccc(OCC)cc1. The molecule has 0 saturated carbocycles. The predicted molar refractivity (Wildman–Crippen MR) is 107 cm³/mol. The molecule has 4 nitrogen and oxygen atoms in total. The Hall–Kier alpha value is -1.10. The van der Waals surface area contributed by atoms with Gasteiger partial charge < -0.3 is 14.6 Å². The zero-order valence-corrected chi connectivity index (χ0v) is 16.7. The fourth-order valence-electron chi connectivity index (χ4n) is 3.63. The van der Waals surface area contributed by atoms with Crippen LogP contribution < -0.4 is 4.74 Å². The van der Waals surface area contributed by atoms with E-state index >= 15 is 0 Å². The molecule has 0 aromatic heterocycles. The zero-order chi connectivity index (χ0) is 18.7. The molecule has 1 aromatic rings. The Balaban J connectivity index is 1.98. The number of nitrogens with zero attached hydrogens (tertiary/aromatic N) is 1. The van der Waals surface area contributed by atoms with Gasteiger partial charge in [0.2, 0.25) is 0 Å². The highest BCUT2D eigenvalue weighted by Crippen LogP contribution is 2.33. The lowest BCUT2D eigenvalue weighted by molar-refractivity contribution is -0.0113. The summed E-state index contributed by atoms with van der Waals surface area (Å²) in [7, 11) is 0. The van der Waals surface area contributed by atoms with Crippen molar-refractivity contribution in [2.24, 2.45) is 0 Å². The van der Waals surface area contributed by atoms with Crippen molar-refractivity contribution in [2.75, 3.05) is 39.5 Å². The van der Waals surface area contributed by atoms with Gasteiger partial charge in [-0.1, -0.05) is 51.2 Å². The lowest BCUT2D eigenvalue weighted by Gasteiger charge is -2.33. The van der Waals surface area contributed by atoms with Crippen LogP contribution in [-0.2, 0) is 10.3 Å². The molecule has 1 unspecified atom stereocenters. The molecule has 1 saturated heterocycles. The van der Waals surface area contributed by atoms with Crippen LogP contribution in [0.15, 0.2) is 24.3 Å².